The van der Waals surface area contributed by atoms with Crippen LogP contribution in [0, 0.1) is 11.8 Å². The molecule has 0 aliphatic carbocycles. The molecule has 0 heterocycles. The van der Waals surface area contributed by atoms with Gasteiger partial charge in [-0.2, -0.15) is 12.6 Å². The number of thiol groups is 1. The third kappa shape index (κ3) is 3.29. The lowest BCUT2D eigenvalue weighted by Gasteiger charge is -2.30. The van der Waals surface area contributed by atoms with Gasteiger partial charge in [0.25, 0.3) is 0 Å². The van der Waals surface area contributed by atoms with E-state index in [0.29, 0.717) is 11.8 Å². The maximum atomic E-state index is 4.53. The molecule has 1 unspecified atom stereocenters. The highest BCUT2D eigenvalue weighted by Crippen LogP contribution is 2.28. The summed E-state index contributed by atoms with van der Waals surface area (Å²) in [6.07, 6.45) is 0. The van der Waals surface area contributed by atoms with E-state index in [9.17, 15) is 0 Å². The van der Waals surface area contributed by atoms with Gasteiger partial charge in [-0.1, -0.05) is 50.2 Å². The normalized spacial score (nSPS) is 12.8. The number of hydrogen-bond donors (Lipinski definition) is 1. The molecule has 2 heteroatoms. The molecule has 0 saturated carbocycles. The van der Waals surface area contributed by atoms with Crippen LogP contribution in [0.5, 0.6) is 0 Å². The van der Waals surface area contributed by atoms with Crippen molar-refractivity contribution >= 4 is 29.1 Å². The Morgan fingerprint density at radius 3 is 2.40 bits per heavy atom. The Balaban J connectivity index is 2.34. The number of anilines is 1. The maximum Gasteiger partial charge on any atom is 0.0445 e. The fourth-order valence-electron chi connectivity index (χ4n) is 2.64. The average molecular weight is 287 g/mol. The molecule has 0 aliphatic heterocycles. The second kappa shape index (κ2) is 7.03. The van der Waals surface area contributed by atoms with E-state index in [0.717, 1.165) is 18.8 Å². The lowest BCUT2D eigenvalue weighted by molar-refractivity contribution is 0.426. The van der Waals surface area contributed by atoms with Gasteiger partial charge in [-0.25, -0.2) is 0 Å². The Bertz CT molecular complexity index is 545. The van der Waals surface area contributed by atoms with Gasteiger partial charge in [0.15, 0.2) is 0 Å². The number of nitrogens with zero attached hydrogens (tertiary/aromatic N) is 1. The molecule has 0 saturated heterocycles. The minimum absolute atomic E-state index is 0.622. The van der Waals surface area contributed by atoms with Crippen LogP contribution in [-0.2, 0) is 0 Å². The van der Waals surface area contributed by atoms with Gasteiger partial charge in [-0.3, -0.25) is 0 Å². The van der Waals surface area contributed by atoms with Crippen molar-refractivity contribution in [3.05, 3.63) is 42.5 Å². The van der Waals surface area contributed by atoms with Crippen molar-refractivity contribution in [2.45, 2.75) is 20.8 Å². The topological polar surface area (TPSA) is 3.24 Å². The van der Waals surface area contributed by atoms with E-state index in [-0.39, 0.29) is 0 Å². The summed E-state index contributed by atoms with van der Waals surface area (Å²) in [4.78, 5) is 2.49. The number of hydrogen-bond acceptors (Lipinski definition) is 2. The highest BCUT2D eigenvalue weighted by molar-refractivity contribution is 7.80. The molecule has 0 spiro atoms. The van der Waals surface area contributed by atoms with E-state index in [2.05, 4.69) is 80.8 Å². The minimum atomic E-state index is 0.622. The summed E-state index contributed by atoms with van der Waals surface area (Å²) in [6.45, 7) is 8.92. The van der Waals surface area contributed by atoms with Crippen molar-refractivity contribution in [2.24, 2.45) is 11.8 Å². The van der Waals surface area contributed by atoms with Crippen molar-refractivity contribution in [3.63, 3.8) is 0 Å². The monoisotopic (exact) mass is 287 g/mol. The van der Waals surface area contributed by atoms with Crippen molar-refractivity contribution in [1.29, 1.82) is 0 Å². The smallest absolute Gasteiger partial charge is 0.0445 e. The molecule has 0 aromatic heterocycles. The standard InChI is InChI=1S/C18H25NS/c1-4-19(12-16(13-20)14(2)3)18-11-7-9-15-8-5-6-10-17(15)18/h5-11,14,16,20H,4,12-13H2,1-3H3. The minimum Gasteiger partial charge on any atom is -0.371 e. The van der Waals surface area contributed by atoms with Crippen molar-refractivity contribution in [3.8, 4) is 0 Å². The van der Waals surface area contributed by atoms with E-state index >= 15 is 0 Å². The lowest BCUT2D eigenvalue weighted by Crippen LogP contribution is -2.32. The van der Waals surface area contributed by atoms with Crippen LogP contribution >= 0.6 is 12.6 Å². The fraction of sp³-hybridized carbons (Fsp3) is 0.444. The first-order valence-electron chi connectivity index (χ1n) is 7.51. The SMILES string of the molecule is CCN(CC(CS)C(C)C)c1cccc2ccccc12. The van der Waals surface area contributed by atoms with Gasteiger partial charge in [0.2, 0.25) is 0 Å². The number of rotatable bonds is 6. The zero-order chi connectivity index (χ0) is 14.5. The predicted octanol–water partition coefficient (Wildman–Crippen LogP) is 4.87. The summed E-state index contributed by atoms with van der Waals surface area (Å²) in [6, 6.07) is 15.2. The summed E-state index contributed by atoms with van der Waals surface area (Å²) in [5.41, 5.74) is 1.35. The summed E-state index contributed by atoms with van der Waals surface area (Å²) < 4.78 is 0. The van der Waals surface area contributed by atoms with Crippen LogP contribution in [0.4, 0.5) is 5.69 Å². The van der Waals surface area contributed by atoms with Crippen LogP contribution < -0.4 is 4.90 Å². The third-order valence-corrected chi connectivity index (χ3v) is 4.59. The highest BCUT2D eigenvalue weighted by Gasteiger charge is 2.17. The van der Waals surface area contributed by atoms with Crippen LogP contribution in [0.15, 0.2) is 42.5 Å². The van der Waals surface area contributed by atoms with E-state index < -0.39 is 0 Å². The van der Waals surface area contributed by atoms with Crippen LogP contribution in [0.3, 0.4) is 0 Å². The molecule has 1 nitrogen and oxygen atoms in total. The van der Waals surface area contributed by atoms with E-state index in [1.807, 2.05) is 0 Å². The van der Waals surface area contributed by atoms with Gasteiger partial charge < -0.3 is 4.90 Å². The zero-order valence-electron chi connectivity index (χ0n) is 12.7. The molecule has 0 amide bonds. The first-order valence-corrected chi connectivity index (χ1v) is 8.14. The molecule has 2 rings (SSSR count). The molecule has 20 heavy (non-hydrogen) atoms. The van der Waals surface area contributed by atoms with Crippen LogP contribution in [0.1, 0.15) is 20.8 Å². The molecule has 0 N–H and O–H groups in total. The molecular weight excluding hydrogens is 262 g/mol. The summed E-state index contributed by atoms with van der Waals surface area (Å²) in [5, 5.41) is 2.66. The molecule has 0 fully saturated rings. The Kier molecular flexibility index (Phi) is 5.36. The second-order valence-corrected chi connectivity index (χ2v) is 6.09. The largest absolute Gasteiger partial charge is 0.371 e. The van der Waals surface area contributed by atoms with E-state index in [1.54, 1.807) is 0 Å². The molecule has 0 aliphatic rings. The Labute approximate surface area is 128 Å². The van der Waals surface area contributed by atoms with Crippen LogP contribution in [0.2, 0.25) is 0 Å². The van der Waals surface area contributed by atoms with Gasteiger partial charge in [0.05, 0.1) is 0 Å². The number of fused-ring (bicyclic) bond motifs is 1. The number of benzene rings is 2. The Hall–Kier alpha value is -1.15. The van der Waals surface area contributed by atoms with Crippen molar-refractivity contribution < 1.29 is 0 Å². The molecule has 2 aromatic carbocycles. The zero-order valence-corrected chi connectivity index (χ0v) is 13.6. The maximum absolute atomic E-state index is 4.53. The van der Waals surface area contributed by atoms with E-state index in [1.165, 1.54) is 16.5 Å². The van der Waals surface area contributed by atoms with E-state index in [4.69, 9.17) is 0 Å². The van der Waals surface area contributed by atoms with Gasteiger partial charge in [0.1, 0.15) is 0 Å². The first-order chi connectivity index (χ1) is 9.67. The van der Waals surface area contributed by atoms with Gasteiger partial charge in [-0.05, 0) is 36.0 Å². The Morgan fingerprint density at radius 2 is 1.75 bits per heavy atom. The summed E-state index contributed by atoms with van der Waals surface area (Å²) >= 11 is 4.53. The van der Waals surface area contributed by atoms with Crippen LogP contribution in [-0.4, -0.2) is 18.8 Å². The molecule has 0 radical (unpaired) electrons. The third-order valence-electron chi connectivity index (χ3n) is 4.12. The molecule has 2 aromatic rings. The Morgan fingerprint density at radius 1 is 1.05 bits per heavy atom. The first kappa shape index (κ1) is 15.2. The fourth-order valence-corrected chi connectivity index (χ4v) is 3.18. The van der Waals surface area contributed by atoms with Crippen molar-refractivity contribution in [2.75, 3.05) is 23.7 Å². The highest BCUT2D eigenvalue weighted by atomic mass is 32.1. The van der Waals surface area contributed by atoms with Gasteiger partial charge in [-0.15, -0.1) is 0 Å². The predicted molar refractivity (Wildman–Crippen MR) is 94.0 cm³/mol. The quantitative estimate of drug-likeness (QED) is 0.742. The van der Waals surface area contributed by atoms with Crippen LogP contribution in [0.25, 0.3) is 10.8 Å². The summed E-state index contributed by atoms with van der Waals surface area (Å²) in [7, 11) is 0. The molecule has 0 bridgehead atoms. The molecule has 1 atom stereocenters. The summed E-state index contributed by atoms with van der Waals surface area (Å²) in [5.74, 6) is 2.23. The van der Waals surface area contributed by atoms with Crippen molar-refractivity contribution in [1.82, 2.24) is 0 Å². The van der Waals surface area contributed by atoms with Gasteiger partial charge in [0, 0.05) is 24.2 Å². The average Bonchev–Trinajstić information content (AvgIpc) is 2.48. The molecular formula is C18H25NS. The lowest BCUT2D eigenvalue weighted by atomic mass is 9.96. The van der Waals surface area contributed by atoms with Gasteiger partial charge >= 0.3 is 0 Å². The second-order valence-electron chi connectivity index (χ2n) is 5.72. The molecule has 108 valence electrons.